The Kier molecular flexibility index (Phi) is 6.38. The number of nitrogens with zero attached hydrogens (tertiary/aromatic N) is 3. The molecule has 3 aromatic rings. The Bertz CT molecular complexity index is 979. The largest absolute Gasteiger partial charge is 0.352 e. The van der Waals surface area contributed by atoms with Crippen LogP contribution in [-0.2, 0) is 6.42 Å². The van der Waals surface area contributed by atoms with Crippen molar-refractivity contribution in [3.05, 3.63) is 76.9 Å². The van der Waals surface area contributed by atoms with Gasteiger partial charge >= 0.3 is 0 Å². The zero-order chi connectivity index (χ0) is 20.9. The molecule has 4 rings (SSSR count). The van der Waals surface area contributed by atoms with E-state index in [2.05, 4.69) is 45.8 Å². The van der Waals surface area contributed by atoms with E-state index in [0.717, 1.165) is 43.3 Å². The van der Waals surface area contributed by atoms with E-state index >= 15 is 0 Å². The molecule has 1 aromatic heterocycles. The average Bonchev–Trinajstić information content (AvgIpc) is 3.23. The first-order chi connectivity index (χ1) is 14.6. The molecule has 1 aliphatic heterocycles. The molecule has 2 aromatic carbocycles. The lowest BCUT2D eigenvalue weighted by atomic mass is 9.97. The highest BCUT2D eigenvalue weighted by atomic mass is 32.1. The molecule has 156 valence electrons. The van der Waals surface area contributed by atoms with Crippen molar-refractivity contribution >= 4 is 22.6 Å². The fraction of sp³-hybridized carbons (Fsp3) is 0.348. The first-order valence-electron chi connectivity index (χ1n) is 10.2. The summed E-state index contributed by atoms with van der Waals surface area (Å²) in [5.74, 6) is 0.818. The van der Waals surface area contributed by atoms with E-state index in [9.17, 15) is 9.18 Å². The summed E-state index contributed by atoms with van der Waals surface area (Å²) in [6.07, 6.45) is 2.75. The van der Waals surface area contributed by atoms with Gasteiger partial charge in [0.05, 0.1) is 0 Å². The number of carbonyl (C=O) groups is 1. The van der Waals surface area contributed by atoms with Crippen LogP contribution in [0.3, 0.4) is 0 Å². The van der Waals surface area contributed by atoms with Crippen molar-refractivity contribution in [1.82, 2.24) is 14.7 Å². The topological polar surface area (TPSA) is 58.1 Å². The fourth-order valence-electron chi connectivity index (χ4n) is 3.60. The number of carbonyl (C=O) groups excluding carboxylic acids is 1. The van der Waals surface area contributed by atoms with Crippen LogP contribution in [0.25, 0.3) is 0 Å². The van der Waals surface area contributed by atoms with Crippen molar-refractivity contribution in [2.45, 2.75) is 26.2 Å². The Balaban J connectivity index is 1.24. The lowest BCUT2D eigenvalue weighted by molar-refractivity contribution is 0.0945. The third-order valence-electron chi connectivity index (χ3n) is 5.48. The quantitative estimate of drug-likeness (QED) is 0.644. The molecule has 0 atom stereocenters. The third-order valence-corrected chi connectivity index (χ3v) is 6.30. The van der Waals surface area contributed by atoms with E-state index < -0.39 is 0 Å². The molecule has 0 bridgehead atoms. The number of amides is 1. The van der Waals surface area contributed by atoms with Gasteiger partial charge in [0.1, 0.15) is 11.6 Å². The van der Waals surface area contributed by atoms with E-state index in [4.69, 9.17) is 4.98 Å². The molecule has 1 N–H and O–H groups in total. The van der Waals surface area contributed by atoms with Crippen LogP contribution in [0, 0.1) is 18.7 Å². The van der Waals surface area contributed by atoms with Crippen molar-refractivity contribution in [2.75, 3.05) is 24.5 Å². The number of piperidine rings is 1. The number of aromatic nitrogens is 2. The van der Waals surface area contributed by atoms with Crippen LogP contribution in [0.4, 0.5) is 9.52 Å². The number of hydrogen-bond donors (Lipinski definition) is 1. The number of anilines is 1. The highest BCUT2D eigenvalue weighted by molar-refractivity contribution is 7.09. The summed E-state index contributed by atoms with van der Waals surface area (Å²) in [7, 11) is 0. The zero-order valence-electron chi connectivity index (χ0n) is 17.0. The van der Waals surface area contributed by atoms with E-state index in [-0.39, 0.29) is 11.7 Å². The molecule has 0 radical (unpaired) electrons. The fourth-order valence-corrected chi connectivity index (χ4v) is 4.34. The van der Waals surface area contributed by atoms with Gasteiger partial charge in [0.15, 0.2) is 0 Å². The van der Waals surface area contributed by atoms with Crippen LogP contribution in [-0.4, -0.2) is 34.9 Å². The molecule has 1 saturated heterocycles. The van der Waals surface area contributed by atoms with Crippen LogP contribution in [0.2, 0.25) is 0 Å². The standard InChI is InChI=1S/C23H25FN4OS/c1-16-2-4-17(5-3-16)14-21-26-23(30-27-21)28-12-10-18(11-13-28)15-25-22(29)19-6-8-20(24)9-7-19/h2-9,18H,10-15H2,1H3,(H,25,29). The number of nitrogens with one attached hydrogen (secondary N) is 1. The molecule has 1 amide bonds. The second-order valence-corrected chi connectivity index (χ2v) is 8.53. The minimum Gasteiger partial charge on any atom is -0.352 e. The summed E-state index contributed by atoms with van der Waals surface area (Å²) in [5.41, 5.74) is 2.96. The van der Waals surface area contributed by atoms with Gasteiger partial charge < -0.3 is 10.2 Å². The Morgan fingerprint density at radius 3 is 2.53 bits per heavy atom. The number of halogens is 1. The molecule has 0 saturated carbocycles. The monoisotopic (exact) mass is 424 g/mol. The predicted molar refractivity (Wildman–Crippen MR) is 118 cm³/mol. The Morgan fingerprint density at radius 2 is 1.83 bits per heavy atom. The summed E-state index contributed by atoms with van der Waals surface area (Å²) in [4.78, 5) is 19.2. The van der Waals surface area contributed by atoms with Gasteiger partial charge in [-0.2, -0.15) is 4.37 Å². The normalized spacial score (nSPS) is 14.7. The van der Waals surface area contributed by atoms with Crippen LogP contribution in [0.5, 0.6) is 0 Å². The average molecular weight is 425 g/mol. The first kappa shape index (κ1) is 20.5. The van der Waals surface area contributed by atoms with Gasteiger partial charge in [-0.1, -0.05) is 29.8 Å². The maximum atomic E-state index is 13.0. The predicted octanol–water partition coefficient (Wildman–Crippen LogP) is 4.22. The molecule has 1 fully saturated rings. The Morgan fingerprint density at radius 1 is 1.13 bits per heavy atom. The highest BCUT2D eigenvalue weighted by Crippen LogP contribution is 2.25. The Hall–Kier alpha value is -2.80. The number of benzene rings is 2. The molecule has 7 heteroatoms. The molecule has 30 heavy (non-hydrogen) atoms. The van der Waals surface area contributed by atoms with E-state index in [1.165, 1.54) is 46.9 Å². The van der Waals surface area contributed by atoms with E-state index in [1.54, 1.807) is 0 Å². The molecule has 0 aliphatic carbocycles. The first-order valence-corrected chi connectivity index (χ1v) is 11.0. The summed E-state index contributed by atoms with van der Waals surface area (Å²) >= 11 is 1.46. The number of aryl methyl sites for hydroxylation is 1. The highest BCUT2D eigenvalue weighted by Gasteiger charge is 2.22. The van der Waals surface area contributed by atoms with Crippen molar-refractivity contribution in [3.8, 4) is 0 Å². The van der Waals surface area contributed by atoms with Crippen molar-refractivity contribution in [2.24, 2.45) is 5.92 Å². The maximum Gasteiger partial charge on any atom is 0.251 e. The van der Waals surface area contributed by atoms with Gasteiger partial charge in [0, 0.05) is 43.2 Å². The van der Waals surface area contributed by atoms with Gasteiger partial charge in [-0.05, 0) is 55.5 Å². The van der Waals surface area contributed by atoms with Crippen LogP contribution in [0.1, 0.15) is 40.2 Å². The number of rotatable bonds is 6. The van der Waals surface area contributed by atoms with Crippen molar-refractivity contribution in [1.29, 1.82) is 0 Å². The SMILES string of the molecule is Cc1ccc(Cc2nsc(N3CCC(CNC(=O)c4ccc(F)cc4)CC3)n2)cc1. The van der Waals surface area contributed by atoms with E-state index in [0.29, 0.717) is 18.0 Å². The summed E-state index contributed by atoms with van der Waals surface area (Å²) < 4.78 is 17.5. The summed E-state index contributed by atoms with van der Waals surface area (Å²) in [5, 5.41) is 3.95. The minimum absolute atomic E-state index is 0.151. The molecule has 1 aliphatic rings. The molecule has 0 unspecified atom stereocenters. The van der Waals surface area contributed by atoms with Gasteiger partial charge in [-0.3, -0.25) is 4.79 Å². The van der Waals surface area contributed by atoms with E-state index in [1.807, 2.05) is 0 Å². The molecule has 5 nitrogen and oxygen atoms in total. The molecular weight excluding hydrogens is 399 g/mol. The second kappa shape index (κ2) is 9.34. The summed E-state index contributed by atoms with van der Waals surface area (Å²) in [6, 6.07) is 14.1. The lowest BCUT2D eigenvalue weighted by Crippen LogP contribution is -2.38. The van der Waals surface area contributed by atoms with Gasteiger partial charge in [-0.15, -0.1) is 0 Å². The summed E-state index contributed by atoms with van der Waals surface area (Å²) in [6.45, 7) is 4.55. The Labute approximate surface area is 180 Å². The van der Waals surface area contributed by atoms with Gasteiger partial charge in [0.2, 0.25) is 5.13 Å². The number of hydrogen-bond acceptors (Lipinski definition) is 5. The van der Waals surface area contributed by atoms with Crippen LogP contribution >= 0.6 is 11.5 Å². The van der Waals surface area contributed by atoms with Crippen LogP contribution in [0.15, 0.2) is 48.5 Å². The third kappa shape index (κ3) is 5.21. The molecule has 0 spiro atoms. The minimum atomic E-state index is -0.336. The van der Waals surface area contributed by atoms with Gasteiger partial charge in [-0.25, -0.2) is 9.37 Å². The van der Waals surface area contributed by atoms with Crippen LogP contribution < -0.4 is 10.2 Å². The zero-order valence-corrected chi connectivity index (χ0v) is 17.8. The van der Waals surface area contributed by atoms with Gasteiger partial charge in [0.25, 0.3) is 5.91 Å². The smallest absolute Gasteiger partial charge is 0.251 e. The molecular formula is C23H25FN4OS. The van der Waals surface area contributed by atoms with Crippen molar-refractivity contribution in [3.63, 3.8) is 0 Å². The maximum absolute atomic E-state index is 13.0. The molecule has 2 heterocycles. The lowest BCUT2D eigenvalue weighted by Gasteiger charge is -2.31. The second-order valence-electron chi connectivity index (χ2n) is 7.80. The van der Waals surface area contributed by atoms with Crippen molar-refractivity contribution < 1.29 is 9.18 Å².